The Balaban J connectivity index is 2.12. The average Bonchev–Trinajstić information content (AvgIpc) is 2.59. The van der Waals surface area contributed by atoms with Gasteiger partial charge in [-0.25, -0.2) is 0 Å². The molecule has 1 saturated heterocycles. The summed E-state index contributed by atoms with van der Waals surface area (Å²) in [7, 11) is 0. The van der Waals surface area contributed by atoms with Gasteiger partial charge in [-0.2, -0.15) is 0 Å². The molecule has 1 fully saturated rings. The van der Waals surface area contributed by atoms with E-state index in [-0.39, 0.29) is 6.61 Å². The Morgan fingerprint density at radius 3 is 3.06 bits per heavy atom. The van der Waals surface area contributed by atoms with Gasteiger partial charge in [0.1, 0.15) is 0 Å². The first-order chi connectivity index (χ1) is 8.70. The minimum Gasteiger partial charge on any atom is -0.396 e. The lowest BCUT2D eigenvalue weighted by molar-refractivity contribution is 0.267. The number of rotatable bonds is 3. The molecule has 1 aromatic rings. The van der Waals surface area contributed by atoms with Crippen molar-refractivity contribution in [2.24, 2.45) is 0 Å². The summed E-state index contributed by atoms with van der Waals surface area (Å²) >= 11 is 3.60. The van der Waals surface area contributed by atoms with Gasteiger partial charge in [0, 0.05) is 35.9 Å². The number of hydrogen-bond donors (Lipinski definition) is 2. The molecule has 100 valence electrons. The Hall–Kier alpha value is -0.580. The molecule has 0 radical (unpaired) electrons. The Bertz CT molecular complexity index is 397. The van der Waals surface area contributed by atoms with Crippen LogP contribution in [-0.4, -0.2) is 37.4 Å². The molecule has 0 spiro atoms. The summed E-state index contributed by atoms with van der Waals surface area (Å²) in [5, 5.41) is 12.6. The van der Waals surface area contributed by atoms with Gasteiger partial charge in [-0.05, 0) is 44.0 Å². The highest BCUT2D eigenvalue weighted by molar-refractivity contribution is 9.10. The van der Waals surface area contributed by atoms with E-state index in [0.717, 1.165) is 36.9 Å². The van der Waals surface area contributed by atoms with Gasteiger partial charge in [0.15, 0.2) is 0 Å². The van der Waals surface area contributed by atoms with Gasteiger partial charge in [0.25, 0.3) is 0 Å². The lowest BCUT2D eigenvalue weighted by Gasteiger charge is -2.26. The minimum atomic E-state index is 0.253. The zero-order valence-corrected chi connectivity index (χ0v) is 12.4. The molecule has 2 rings (SSSR count). The third kappa shape index (κ3) is 3.46. The van der Waals surface area contributed by atoms with Gasteiger partial charge in [-0.15, -0.1) is 0 Å². The van der Waals surface area contributed by atoms with Crippen LogP contribution in [0.15, 0.2) is 22.7 Å². The van der Waals surface area contributed by atoms with E-state index in [1.165, 1.54) is 11.3 Å². The van der Waals surface area contributed by atoms with E-state index in [9.17, 15) is 0 Å². The van der Waals surface area contributed by atoms with E-state index >= 15 is 0 Å². The van der Waals surface area contributed by atoms with E-state index in [0.29, 0.717) is 6.04 Å². The molecule has 18 heavy (non-hydrogen) atoms. The first-order valence-corrected chi connectivity index (χ1v) is 7.35. The van der Waals surface area contributed by atoms with Crippen molar-refractivity contribution in [3.8, 4) is 0 Å². The maximum atomic E-state index is 9.08. The van der Waals surface area contributed by atoms with Crippen molar-refractivity contribution in [2.75, 3.05) is 31.1 Å². The Kier molecular flexibility index (Phi) is 5.03. The Morgan fingerprint density at radius 1 is 1.50 bits per heavy atom. The zero-order valence-electron chi connectivity index (χ0n) is 10.8. The van der Waals surface area contributed by atoms with E-state index in [2.05, 4.69) is 51.3 Å². The summed E-state index contributed by atoms with van der Waals surface area (Å²) in [6.07, 6.45) is 1.97. The van der Waals surface area contributed by atoms with Crippen molar-refractivity contribution in [3.63, 3.8) is 0 Å². The largest absolute Gasteiger partial charge is 0.396 e. The fourth-order valence-electron chi connectivity index (χ4n) is 2.36. The molecule has 0 saturated carbocycles. The Morgan fingerprint density at radius 2 is 2.33 bits per heavy atom. The summed E-state index contributed by atoms with van der Waals surface area (Å²) in [5.74, 6) is 0. The number of halogens is 1. The highest BCUT2D eigenvalue weighted by Gasteiger charge is 2.17. The molecule has 0 aliphatic carbocycles. The van der Waals surface area contributed by atoms with E-state index in [1.54, 1.807) is 0 Å². The zero-order chi connectivity index (χ0) is 13.0. The van der Waals surface area contributed by atoms with Gasteiger partial charge >= 0.3 is 0 Å². The summed E-state index contributed by atoms with van der Waals surface area (Å²) in [6, 6.07) is 6.91. The van der Waals surface area contributed by atoms with E-state index in [1.807, 2.05) is 0 Å². The molecule has 2 N–H and O–H groups in total. The minimum absolute atomic E-state index is 0.253. The molecular formula is C14H21BrN2O. The molecule has 1 aliphatic heterocycles. The van der Waals surface area contributed by atoms with Crippen molar-refractivity contribution in [1.29, 1.82) is 0 Å². The van der Waals surface area contributed by atoms with Gasteiger partial charge in [-0.1, -0.05) is 22.0 Å². The first-order valence-electron chi connectivity index (χ1n) is 6.56. The number of nitrogens with zero attached hydrogens (tertiary/aromatic N) is 1. The second-order valence-electron chi connectivity index (χ2n) is 4.90. The second kappa shape index (κ2) is 6.55. The Labute approximate surface area is 117 Å². The lowest BCUT2D eigenvalue weighted by Crippen LogP contribution is -2.38. The maximum absolute atomic E-state index is 9.08. The van der Waals surface area contributed by atoms with Crippen LogP contribution in [0.3, 0.4) is 0 Å². The van der Waals surface area contributed by atoms with Crippen molar-refractivity contribution < 1.29 is 5.11 Å². The van der Waals surface area contributed by atoms with Gasteiger partial charge in [0.2, 0.25) is 0 Å². The molecule has 1 aromatic carbocycles. The monoisotopic (exact) mass is 312 g/mol. The molecule has 0 amide bonds. The standard InChI is InChI=1S/C14H21BrN2O/c1-11-3-4-13(9-14(11)15)17-7-2-6-16-12(10-17)5-8-18/h3-4,9,12,16,18H,2,5-8,10H2,1H3. The van der Waals surface area contributed by atoms with Crippen molar-refractivity contribution >= 4 is 21.6 Å². The van der Waals surface area contributed by atoms with Crippen LogP contribution in [0, 0.1) is 6.92 Å². The molecule has 0 aromatic heterocycles. The van der Waals surface area contributed by atoms with Crippen LogP contribution in [0.4, 0.5) is 5.69 Å². The molecule has 4 heteroatoms. The molecule has 1 aliphatic rings. The smallest absolute Gasteiger partial charge is 0.0446 e. The van der Waals surface area contributed by atoms with Crippen molar-refractivity contribution in [3.05, 3.63) is 28.2 Å². The highest BCUT2D eigenvalue weighted by atomic mass is 79.9. The molecule has 1 heterocycles. The number of benzene rings is 1. The van der Waals surface area contributed by atoms with Crippen LogP contribution in [0.1, 0.15) is 18.4 Å². The third-order valence-electron chi connectivity index (χ3n) is 3.48. The fraction of sp³-hybridized carbons (Fsp3) is 0.571. The summed E-state index contributed by atoms with van der Waals surface area (Å²) in [4.78, 5) is 2.41. The van der Waals surface area contributed by atoms with Gasteiger partial charge in [0.05, 0.1) is 0 Å². The summed E-state index contributed by atoms with van der Waals surface area (Å²) < 4.78 is 1.16. The summed E-state index contributed by atoms with van der Waals surface area (Å²) in [6.45, 7) is 5.43. The maximum Gasteiger partial charge on any atom is 0.0446 e. The predicted molar refractivity (Wildman–Crippen MR) is 79.2 cm³/mol. The van der Waals surface area contributed by atoms with Crippen LogP contribution in [0.5, 0.6) is 0 Å². The molecule has 0 bridgehead atoms. The lowest BCUT2D eigenvalue weighted by atomic mass is 10.1. The van der Waals surface area contributed by atoms with E-state index < -0.39 is 0 Å². The molecule has 1 unspecified atom stereocenters. The number of anilines is 1. The normalized spacial score (nSPS) is 20.8. The van der Waals surface area contributed by atoms with Crippen LogP contribution in [-0.2, 0) is 0 Å². The number of nitrogens with one attached hydrogen (secondary N) is 1. The third-order valence-corrected chi connectivity index (χ3v) is 4.33. The number of aryl methyl sites for hydroxylation is 1. The number of hydrogen-bond acceptors (Lipinski definition) is 3. The fourth-order valence-corrected chi connectivity index (χ4v) is 2.73. The predicted octanol–water partition coefficient (Wildman–Crippen LogP) is 2.31. The van der Waals surface area contributed by atoms with Crippen LogP contribution < -0.4 is 10.2 Å². The SMILES string of the molecule is Cc1ccc(N2CCCNC(CCO)C2)cc1Br. The van der Waals surface area contributed by atoms with Crippen molar-refractivity contribution in [1.82, 2.24) is 5.32 Å². The van der Waals surface area contributed by atoms with Gasteiger partial charge < -0.3 is 15.3 Å². The highest BCUT2D eigenvalue weighted by Crippen LogP contribution is 2.24. The molecular weight excluding hydrogens is 292 g/mol. The van der Waals surface area contributed by atoms with Gasteiger partial charge in [-0.3, -0.25) is 0 Å². The summed E-state index contributed by atoms with van der Waals surface area (Å²) in [5.41, 5.74) is 2.53. The average molecular weight is 313 g/mol. The quantitative estimate of drug-likeness (QED) is 0.899. The second-order valence-corrected chi connectivity index (χ2v) is 5.75. The van der Waals surface area contributed by atoms with Crippen molar-refractivity contribution in [2.45, 2.75) is 25.8 Å². The van der Waals surface area contributed by atoms with Crippen LogP contribution in [0.25, 0.3) is 0 Å². The first kappa shape index (κ1) is 13.8. The van der Waals surface area contributed by atoms with E-state index in [4.69, 9.17) is 5.11 Å². The topological polar surface area (TPSA) is 35.5 Å². The number of aliphatic hydroxyl groups excluding tert-OH is 1. The molecule has 1 atom stereocenters. The number of aliphatic hydroxyl groups is 1. The van der Waals surface area contributed by atoms with Crippen LogP contribution in [0.2, 0.25) is 0 Å². The van der Waals surface area contributed by atoms with Crippen LogP contribution >= 0.6 is 15.9 Å². The molecule has 3 nitrogen and oxygen atoms in total.